The van der Waals surface area contributed by atoms with E-state index in [0.717, 1.165) is 16.8 Å². The van der Waals surface area contributed by atoms with E-state index in [1.807, 2.05) is 4.98 Å². The molecule has 14 heteroatoms. The molecule has 33 heavy (non-hydrogen) atoms. The summed E-state index contributed by atoms with van der Waals surface area (Å²) in [5, 5.41) is 9.92. The Morgan fingerprint density at radius 1 is 1.33 bits per heavy atom. The molecule has 2 aromatic heterocycles. The van der Waals surface area contributed by atoms with E-state index in [9.17, 15) is 31.9 Å². The van der Waals surface area contributed by atoms with E-state index in [4.69, 9.17) is 11.1 Å². The van der Waals surface area contributed by atoms with Gasteiger partial charge in [-0.2, -0.15) is 13.2 Å². The second kappa shape index (κ2) is 8.72. The van der Waals surface area contributed by atoms with Crippen molar-refractivity contribution in [1.82, 2.24) is 19.5 Å². The summed E-state index contributed by atoms with van der Waals surface area (Å²) < 4.78 is 52.9. The zero-order chi connectivity index (χ0) is 24.5. The summed E-state index contributed by atoms with van der Waals surface area (Å²) in [6.45, 7) is 0. The van der Waals surface area contributed by atoms with Crippen LogP contribution in [-0.2, 0) is 18.0 Å². The van der Waals surface area contributed by atoms with Crippen LogP contribution in [0.1, 0.15) is 23.5 Å². The first-order valence-electron chi connectivity index (χ1n) is 9.23. The zero-order valence-electron chi connectivity index (χ0n) is 16.9. The number of aromatic amines is 2. The molecule has 0 saturated heterocycles. The molecule has 174 valence electrons. The standard InChI is InChI=1S/C19H17F4N7O3/c1-30-15(25)14(16(32)29-18(30)33)9(6-24)5-13(31)28-17-26-7-12(27-17)8-2-3-10(11(20)4-8)19(21,22)23/h2-4,6-7,9,24H,5,25H2,1H3,(H,29,32,33)(H2,26,27,28,31). The van der Waals surface area contributed by atoms with E-state index in [-0.39, 0.29) is 28.6 Å². The minimum atomic E-state index is -4.84. The number of alkyl halides is 3. The lowest BCUT2D eigenvalue weighted by Crippen LogP contribution is -2.35. The van der Waals surface area contributed by atoms with Gasteiger partial charge in [-0.15, -0.1) is 0 Å². The quantitative estimate of drug-likeness (QED) is 0.276. The summed E-state index contributed by atoms with van der Waals surface area (Å²) in [7, 11) is 1.31. The first-order valence-corrected chi connectivity index (χ1v) is 9.23. The van der Waals surface area contributed by atoms with Gasteiger partial charge < -0.3 is 16.1 Å². The summed E-state index contributed by atoms with van der Waals surface area (Å²) in [5.41, 5.74) is 2.87. The smallest absolute Gasteiger partial charge is 0.385 e. The minimum absolute atomic E-state index is 0.0652. The first kappa shape index (κ1) is 23.4. The molecule has 3 aromatic rings. The van der Waals surface area contributed by atoms with Crippen molar-refractivity contribution in [1.29, 1.82) is 5.41 Å². The number of aromatic nitrogens is 4. The van der Waals surface area contributed by atoms with Gasteiger partial charge in [-0.1, -0.05) is 6.07 Å². The van der Waals surface area contributed by atoms with Gasteiger partial charge in [0.25, 0.3) is 5.56 Å². The van der Waals surface area contributed by atoms with E-state index in [0.29, 0.717) is 12.1 Å². The number of carbonyl (C=O) groups is 1. The van der Waals surface area contributed by atoms with Crippen molar-refractivity contribution in [3.8, 4) is 11.3 Å². The molecule has 0 aliphatic rings. The Hall–Kier alpha value is -4.23. The number of nitrogens with two attached hydrogens (primary N) is 1. The topological polar surface area (TPSA) is 163 Å². The van der Waals surface area contributed by atoms with Gasteiger partial charge >= 0.3 is 11.9 Å². The largest absolute Gasteiger partial charge is 0.419 e. The van der Waals surface area contributed by atoms with Crippen LogP contribution in [-0.4, -0.2) is 31.6 Å². The highest BCUT2D eigenvalue weighted by Crippen LogP contribution is 2.33. The van der Waals surface area contributed by atoms with Crippen molar-refractivity contribution in [3.05, 3.63) is 62.2 Å². The number of H-pyrrole nitrogens is 2. The minimum Gasteiger partial charge on any atom is -0.385 e. The Bertz CT molecular complexity index is 1340. The van der Waals surface area contributed by atoms with Gasteiger partial charge in [-0.3, -0.25) is 24.5 Å². The van der Waals surface area contributed by atoms with E-state index < -0.39 is 47.1 Å². The van der Waals surface area contributed by atoms with E-state index in [1.54, 1.807) is 0 Å². The maximum atomic E-state index is 13.8. The lowest BCUT2D eigenvalue weighted by Gasteiger charge is -2.14. The van der Waals surface area contributed by atoms with Gasteiger partial charge in [0.05, 0.1) is 23.0 Å². The molecule has 0 radical (unpaired) electrons. The van der Waals surface area contributed by atoms with Crippen molar-refractivity contribution < 1.29 is 22.4 Å². The Labute approximate surface area is 182 Å². The molecule has 0 fully saturated rings. The van der Waals surface area contributed by atoms with Crippen molar-refractivity contribution in [2.45, 2.75) is 18.5 Å². The van der Waals surface area contributed by atoms with Crippen molar-refractivity contribution in [2.75, 3.05) is 11.1 Å². The average molecular weight is 467 g/mol. The molecular formula is C19H17F4N7O3. The molecule has 1 aromatic carbocycles. The number of nitrogens with zero attached hydrogens (tertiary/aromatic N) is 2. The van der Waals surface area contributed by atoms with Crippen LogP contribution < -0.4 is 22.3 Å². The first-order chi connectivity index (χ1) is 15.4. The maximum absolute atomic E-state index is 13.8. The molecule has 0 spiro atoms. The molecular weight excluding hydrogens is 450 g/mol. The number of nitrogens with one attached hydrogen (secondary N) is 4. The molecule has 0 saturated carbocycles. The van der Waals surface area contributed by atoms with Gasteiger partial charge in [-0.05, 0) is 12.1 Å². The number of nitrogen functional groups attached to an aromatic ring is 1. The Morgan fingerprint density at radius 3 is 2.64 bits per heavy atom. The lowest BCUT2D eigenvalue weighted by molar-refractivity contribution is -0.140. The highest BCUT2D eigenvalue weighted by atomic mass is 19.4. The van der Waals surface area contributed by atoms with Gasteiger partial charge in [0.15, 0.2) is 0 Å². The second-order valence-electron chi connectivity index (χ2n) is 6.98. The molecule has 1 amide bonds. The van der Waals surface area contributed by atoms with Gasteiger partial charge in [0.1, 0.15) is 11.6 Å². The third kappa shape index (κ3) is 4.83. The number of hydrogen-bond donors (Lipinski definition) is 5. The van der Waals surface area contributed by atoms with Gasteiger partial charge in [-0.25, -0.2) is 14.2 Å². The van der Waals surface area contributed by atoms with Crippen LogP contribution in [0, 0.1) is 11.2 Å². The lowest BCUT2D eigenvalue weighted by atomic mass is 9.98. The Morgan fingerprint density at radius 2 is 2.03 bits per heavy atom. The molecule has 1 atom stereocenters. The Kier molecular flexibility index (Phi) is 6.19. The summed E-state index contributed by atoms with van der Waals surface area (Å²) in [6, 6.07) is 2.32. The molecule has 3 rings (SSSR count). The van der Waals surface area contributed by atoms with Gasteiger partial charge in [0, 0.05) is 31.2 Å². The normalized spacial score (nSPS) is 12.4. The van der Waals surface area contributed by atoms with Crippen LogP contribution in [0.2, 0.25) is 0 Å². The fourth-order valence-corrected chi connectivity index (χ4v) is 3.08. The molecule has 0 bridgehead atoms. The predicted molar refractivity (Wildman–Crippen MR) is 110 cm³/mol. The number of benzene rings is 1. The van der Waals surface area contributed by atoms with E-state index >= 15 is 0 Å². The third-order valence-corrected chi connectivity index (χ3v) is 4.80. The van der Waals surface area contributed by atoms with Crippen LogP contribution in [0.25, 0.3) is 11.3 Å². The number of hydrogen-bond acceptors (Lipinski definition) is 6. The second-order valence-corrected chi connectivity index (χ2v) is 6.98. The molecule has 0 aliphatic heterocycles. The summed E-state index contributed by atoms with van der Waals surface area (Å²) in [4.78, 5) is 44.7. The van der Waals surface area contributed by atoms with Crippen LogP contribution in [0.5, 0.6) is 0 Å². The fraction of sp³-hybridized carbons (Fsp3) is 0.211. The van der Waals surface area contributed by atoms with E-state index in [1.165, 1.54) is 13.2 Å². The van der Waals surface area contributed by atoms with Crippen LogP contribution >= 0.6 is 0 Å². The number of anilines is 2. The average Bonchev–Trinajstić information content (AvgIpc) is 3.18. The Balaban J connectivity index is 1.77. The molecule has 1 unspecified atom stereocenters. The molecule has 10 nitrogen and oxygen atoms in total. The number of carbonyl (C=O) groups excluding carboxylic acids is 1. The van der Waals surface area contributed by atoms with Crippen molar-refractivity contribution in [3.63, 3.8) is 0 Å². The summed E-state index contributed by atoms with van der Waals surface area (Å²) in [5.74, 6) is -3.50. The monoisotopic (exact) mass is 467 g/mol. The van der Waals surface area contributed by atoms with Gasteiger partial charge in [0.2, 0.25) is 11.9 Å². The molecule has 2 heterocycles. The maximum Gasteiger partial charge on any atom is 0.419 e. The SMILES string of the molecule is Cn1c(N)c(C(C=N)CC(=O)Nc2ncc(-c3ccc(C(F)(F)F)c(F)c3)[nH]2)c(=O)[nH]c1=O. The third-order valence-electron chi connectivity index (χ3n) is 4.80. The van der Waals surface area contributed by atoms with Crippen LogP contribution in [0.4, 0.5) is 29.3 Å². The number of rotatable bonds is 6. The van der Waals surface area contributed by atoms with Crippen molar-refractivity contribution >= 4 is 23.9 Å². The number of imidazole rings is 1. The highest BCUT2D eigenvalue weighted by Gasteiger charge is 2.34. The van der Waals surface area contributed by atoms with Crippen LogP contribution in [0.3, 0.4) is 0 Å². The van der Waals surface area contributed by atoms with Crippen molar-refractivity contribution in [2.24, 2.45) is 7.05 Å². The molecule has 6 N–H and O–H groups in total. The summed E-state index contributed by atoms with van der Waals surface area (Å²) in [6.07, 6.45) is -3.23. The zero-order valence-corrected chi connectivity index (χ0v) is 16.9. The fourth-order valence-electron chi connectivity index (χ4n) is 3.08. The van der Waals surface area contributed by atoms with E-state index in [2.05, 4.69) is 15.3 Å². The molecule has 0 aliphatic carbocycles. The summed E-state index contributed by atoms with van der Waals surface area (Å²) >= 11 is 0. The highest BCUT2D eigenvalue weighted by molar-refractivity contribution is 5.92. The van der Waals surface area contributed by atoms with Crippen LogP contribution in [0.15, 0.2) is 34.0 Å². The predicted octanol–water partition coefficient (Wildman–Crippen LogP) is 1.97. The number of halogens is 4. The number of amides is 1.